The maximum Gasteiger partial charge on any atom is 0.168 e. The van der Waals surface area contributed by atoms with Crippen molar-refractivity contribution in [2.45, 2.75) is 13.0 Å². The van der Waals surface area contributed by atoms with Crippen LogP contribution in [-0.2, 0) is 6.54 Å². The number of nitrogens with zero attached hydrogens (tertiary/aromatic N) is 2. The lowest BCUT2D eigenvalue weighted by atomic mass is 10.2. The molecule has 20 heavy (non-hydrogen) atoms. The second-order valence-corrected chi connectivity index (χ2v) is 4.79. The zero-order chi connectivity index (χ0) is 13.5. The van der Waals surface area contributed by atoms with Crippen LogP contribution in [0.15, 0.2) is 60.9 Å². The summed E-state index contributed by atoms with van der Waals surface area (Å²) in [6, 6.07) is 14.8. The van der Waals surface area contributed by atoms with Gasteiger partial charge in [0, 0.05) is 38.3 Å². The third-order valence-corrected chi connectivity index (χ3v) is 3.05. The number of halogens is 1. The molecule has 1 aromatic heterocycles. The first-order valence-electron chi connectivity index (χ1n) is 6.64. The highest BCUT2D eigenvalue weighted by Crippen LogP contribution is 2.13. The van der Waals surface area contributed by atoms with Gasteiger partial charge in [-0.25, -0.2) is 4.57 Å². The summed E-state index contributed by atoms with van der Waals surface area (Å²) < 4.78 is 2.19. The van der Waals surface area contributed by atoms with Gasteiger partial charge in [-0.3, -0.25) is 0 Å². The Labute approximate surface area is 138 Å². The Morgan fingerprint density at radius 3 is 2.25 bits per heavy atom. The summed E-state index contributed by atoms with van der Waals surface area (Å²) in [6.45, 7) is 1.02. The summed E-state index contributed by atoms with van der Waals surface area (Å²) in [6.07, 6.45) is 9.65. The summed E-state index contributed by atoms with van der Waals surface area (Å²) in [5.41, 5.74) is 2.49. The predicted octanol–water partition coefficient (Wildman–Crippen LogP) is 0.148. The number of pyridine rings is 1. The van der Waals surface area contributed by atoms with Crippen LogP contribution in [0.2, 0.25) is 0 Å². The van der Waals surface area contributed by atoms with E-state index < -0.39 is 0 Å². The summed E-state index contributed by atoms with van der Waals surface area (Å²) >= 11 is 0. The number of aromatic nitrogens is 1. The van der Waals surface area contributed by atoms with Crippen LogP contribution in [0.4, 0.5) is 5.69 Å². The molecule has 2 rings (SSSR count). The molecule has 0 saturated carbocycles. The molecule has 0 bridgehead atoms. The van der Waals surface area contributed by atoms with Crippen molar-refractivity contribution >= 4 is 11.8 Å². The molecular formula is C17H21IN2. The van der Waals surface area contributed by atoms with Crippen LogP contribution in [0.25, 0.3) is 6.08 Å². The fourth-order valence-electron chi connectivity index (χ4n) is 1.91. The second kappa shape index (κ2) is 8.74. The normalized spacial score (nSPS) is 10.3. The van der Waals surface area contributed by atoms with Gasteiger partial charge in [-0.1, -0.05) is 30.4 Å². The van der Waals surface area contributed by atoms with Crippen molar-refractivity contribution in [1.82, 2.24) is 0 Å². The monoisotopic (exact) mass is 380 g/mol. The average Bonchev–Trinajstić information content (AvgIpc) is 2.45. The number of aryl methyl sites for hydroxylation is 1. The zero-order valence-electron chi connectivity index (χ0n) is 12.0. The Kier molecular flexibility index (Phi) is 7.30. The summed E-state index contributed by atoms with van der Waals surface area (Å²) in [7, 11) is 4.11. The van der Waals surface area contributed by atoms with E-state index in [-0.39, 0.29) is 24.0 Å². The molecule has 0 saturated heterocycles. The molecule has 2 aromatic rings. The van der Waals surface area contributed by atoms with Gasteiger partial charge in [0.2, 0.25) is 0 Å². The number of anilines is 1. The summed E-state index contributed by atoms with van der Waals surface area (Å²) in [4.78, 5) is 2.11. The third-order valence-electron chi connectivity index (χ3n) is 3.05. The minimum atomic E-state index is 0. The number of hydrogen-bond donors (Lipinski definition) is 0. The van der Waals surface area contributed by atoms with Crippen LogP contribution in [0, 0.1) is 0 Å². The van der Waals surface area contributed by atoms with Gasteiger partial charge in [0.15, 0.2) is 18.9 Å². The van der Waals surface area contributed by atoms with E-state index >= 15 is 0 Å². The molecule has 0 fully saturated rings. The molecule has 3 heteroatoms. The molecule has 0 amide bonds. The first kappa shape index (κ1) is 16.7. The minimum absolute atomic E-state index is 0. The zero-order valence-corrected chi connectivity index (χ0v) is 14.2. The van der Waals surface area contributed by atoms with E-state index in [0.29, 0.717) is 0 Å². The Morgan fingerprint density at radius 1 is 1.00 bits per heavy atom. The van der Waals surface area contributed by atoms with Crippen LogP contribution < -0.4 is 33.4 Å². The first-order valence-corrected chi connectivity index (χ1v) is 6.64. The van der Waals surface area contributed by atoms with Gasteiger partial charge in [-0.2, -0.15) is 0 Å². The molecule has 0 aliphatic rings. The van der Waals surface area contributed by atoms with Gasteiger partial charge >= 0.3 is 0 Å². The minimum Gasteiger partial charge on any atom is -1.00 e. The SMILES string of the molecule is CN(C)c1ccc(/C=C/CC[n+]2ccccc2)cc1.[I-]. The van der Waals surface area contributed by atoms with Gasteiger partial charge in [0.1, 0.15) is 0 Å². The maximum atomic E-state index is 2.23. The molecule has 1 heterocycles. The highest BCUT2D eigenvalue weighted by Gasteiger charge is 1.95. The van der Waals surface area contributed by atoms with Crippen LogP contribution >= 0.6 is 0 Å². The van der Waals surface area contributed by atoms with E-state index in [1.807, 2.05) is 6.07 Å². The summed E-state index contributed by atoms with van der Waals surface area (Å²) in [5, 5.41) is 0. The quantitative estimate of drug-likeness (QED) is 0.529. The van der Waals surface area contributed by atoms with Crippen LogP contribution in [0.5, 0.6) is 0 Å². The van der Waals surface area contributed by atoms with Crippen LogP contribution in [0.3, 0.4) is 0 Å². The Morgan fingerprint density at radius 2 is 1.65 bits per heavy atom. The van der Waals surface area contributed by atoms with E-state index in [4.69, 9.17) is 0 Å². The van der Waals surface area contributed by atoms with Crippen molar-refractivity contribution in [2.24, 2.45) is 0 Å². The van der Waals surface area contributed by atoms with Gasteiger partial charge in [0.05, 0.1) is 0 Å². The fraction of sp³-hybridized carbons (Fsp3) is 0.235. The van der Waals surface area contributed by atoms with E-state index in [9.17, 15) is 0 Å². The van der Waals surface area contributed by atoms with E-state index in [1.165, 1.54) is 11.3 Å². The standard InChI is InChI=1S/C17H21N2.HI/c1-18(2)17-11-9-16(10-12-17)8-4-7-15-19-13-5-3-6-14-19;/h3-6,8-14H,7,15H2,1-2H3;1H/q+1;/p-1/b8-4+;. The lowest BCUT2D eigenvalue weighted by molar-refractivity contribution is -0.696. The molecule has 0 atom stereocenters. The Hall–Kier alpha value is -1.36. The molecule has 0 N–H and O–H groups in total. The number of benzene rings is 1. The highest BCUT2D eigenvalue weighted by molar-refractivity contribution is 5.55. The van der Waals surface area contributed by atoms with Crippen molar-refractivity contribution in [3.05, 3.63) is 66.5 Å². The number of hydrogen-bond acceptors (Lipinski definition) is 1. The highest BCUT2D eigenvalue weighted by atomic mass is 127. The molecule has 0 aliphatic heterocycles. The summed E-state index contributed by atoms with van der Waals surface area (Å²) in [5.74, 6) is 0. The Balaban J connectivity index is 0.00000200. The molecule has 0 radical (unpaired) electrons. The topological polar surface area (TPSA) is 7.12 Å². The van der Waals surface area contributed by atoms with E-state index in [2.05, 4.69) is 84.5 Å². The first-order chi connectivity index (χ1) is 9.25. The lowest BCUT2D eigenvalue weighted by Crippen LogP contribution is -3.00. The van der Waals surface area contributed by atoms with Crippen molar-refractivity contribution in [3.63, 3.8) is 0 Å². The fourth-order valence-corrected chi connectivity index (χ4v) is 1.91. The molecular weight excluding hydrogens is 359 g/mol. The molecule has 106 valence electrons. The lowest BCUT2D eigenvalue weighted by Gasteiger charge is -2.11. The van der Waals surface area contributed by atoms with Crippen molar-refractivity contribution in [2.75, 3.05) is 19.0 Å². The largest absolute Gasteiger partial charge is 1.00 e. The Bertz CT molecular complexity index is 518. The van der Waals surface area contributed by atoms with Crippen LogP contribution in [-0.4, -0.2) is 14.1 Å². The molecule has 2 nitrogen and oxygen atoms in total. The van der Waals surface area contributed by atoms with Crippen molar-refractivity contribution in [1.29, 1.82) is 0 Å². The van der Waals surface area contributed by atoms with Crippen molar-refractivity contribution < 1.29 is 28.5 Å². The van der Waals surface area contributed by atoms with Crippen molar-refractivity contribution in [3.8, 4) is 0 Å². The van der Waals surface area contributed by atoms with Crippen LogP contribution in [0.1, 0.15) is 12.0 Å². The average molecular weight is 380 g/mol. The smallest absolute Gasteiger partial charge is 0.168 e. The third kappa shape index (κ3) is 5.33. The molecule has 0 unspecified atom stereocenters. The van der Waals surface area contributed by atoms with Gasteiger partial charge in [-0.05, 0) is 17.7 Å². The number of allylic oxidation sites excluding steroid dienone is 1. The van der Waals surface area contributed by atoms with Gasteiger partial charge in [0.25, 0.3) is 0 Å². The second-order valence-electron chi connectivity index (χ2n) is 4.79. The maximum absolute atomic E-state index is 2.23. The van der Waals surface area contributed by atoms with E-state index in [1.54, 1.807) is 0 Å². The predicted molar refractivity (Wildman–Crippen MR) is 81.1 cm³/mol. The molecule has 0 aliphatic carbocycles. The van der Waals surface area contributed by atoms with Gasteiger partial charge in [-0.15, -0.1) is 0 Å². The van der Waals surface area contributed by atoms with E-state index in [0.717, 1.165) is 13.0 Å². The molecule has 0 spiro atoms. The number of rotatable bonds is 5. The van der Waals surface area contributed by atoms with Gasteiger partial charge < -0.3 is 28.9 Å². The molecule has 1 aromatic carbocycles.